The second kappa shape index (κ2) is 6.84. The molecule has 0 saturated carbocycles. The molecule has 126 valence electrons. The third kappa shape index (κ3) is 3.30. The lowest BCUT2D eigenvalue weighted by Crippen LogP contribution is -2.32. The number of hydrogen-bond donors (Lipinski definition) is 0. The van der Waals surface area contributed by atoms with E-state index in [4.69, 9.17) is 0 Å². The van der Waals surface area contributed by atoms with Crippen molar-refractivity contribution in [1.29, 1.82) is 0 Å². The highest BCUT2D eigenvalue weighted by Gasteiger charge is 2.28. The predicted molar refractivity (Wildman–Crippen MR) is 93.7 cm³/mol. The zero-order chi connectivity index (χ0) is 17.9. The van der Waals surface area contributed by atoms with Crippen LogP contribution in [0.1, 0.15) is 11.1 Å². The number of benzene rings is 2. The molecule has 0 aromatic heterocycles. The summed E-state index contributed by atoms with van der Waals surface area (Å²) in [6.07, 6.45) is 1.48. The van der Waals surface area contributed by atoms with E-state index < -0.39 is 14.9 Å². The topological polar surface area (TPSA) is 80.5 Å². The molecule has 2 rings (SSSR count). The molecule has 0 spiro atoms. The molecule has 0 fully saturated rings. The van der Waals surface area contributed by atoms with Gasteiger partial charge in [0.2, 0.25) is 0 Å². The fourth-order valence-electron chi connectivity index (χ4n) is 2.39. The first kappa shape index (κ1) is 17.7. The Balaban J connectivity index is 2.66. The molecule has 0 saturated heterocycles. The highest BCUT2D eigenvalue weighted by molar-refractivity contribution is 7.92. The Bertz CT molecular complexity index is 891. The van der Waals surface area contributed by atoms with E-state index in [2.05, 4.69) is 6.58 Å². The molecule has 0 heterocycles. The van der Waals surface area contributed by atoms with E-state index in [0.29, 0.717) is 11.3 Å². The number of para-hydroxylation sites is 1. The largest absolute Gasteiger partial charge is 0.270 e. The van der Waals surface area contributed by atoms with Gasteiger partial charge in [0.15, 0.2) is 0 Å². The maximum Gasteiger partial charge on any atom is 0.270 e. The van der Waals surface area contributed by atoms with Gasteiger partial charge in [-0.05, 0) is 31.0 Å². The number of aryl methyl sites for hydroxylation is 2. The standard InChI is InChI=1S/C17H18N2O4S/c1-4-11-18(16-8-6-5-7-13(16)2)24(22,23)17-12-15(19(20)21)10-9-14(17)3/h4-10,12H,1,11H2,2-3H3. The third-order valence-electron chi connectivity index (χ3n) is 3.63. The fraction of sp³-hybridized carbons (Fsp3) is 0.176. The van der Waals surface area contributed by atoms with Gasteiger partial charge in [0.1, 0.15) is 0 Å². The van der Waals surface area contributed by atoms with E-state index in [1.54, 1.807) is 32.0 Å². The fourth-order valence-corrected chi connectivity index (χ4v) is 4.13. The number of hydrogen-bond acceptors (Lipinski definition) is 4. The highest BCUT2D eigenvalue weighted by atomic mass is 32.2. The van der Waals surface area contributed by atoms with E-state index in [0.717, 1.165) is 11.6 Å². The number of non-ortho nitro benzene ring substituents is 1. The van der Waals surface area contributed by atoms with Crippen molar-refractivity contribution in [3.05, 3.63) is 76.4 Å². The monoisotopic (exact) mass is 346 g/mol. The van der Waals surface area contributed by atoms with Crippen LogP contribution in [0.15, 0.2) is 60.0 Å². The maximum absolute atomic E-state index is 13.1. The third-order valence-corrected chi connectivity index (χ3v) is 5.55. The zero-order valence-corrected chi connectivity index (χ0v) is 14.3. The van der Waals surface area contributed by atoms with Crippen LogP contribution in [0.2, 0.25) is 0 Å². The average molecular weight is 346 g/mol. The first-order valence-electron chi connectivity index (χ1n) is 7.23. The number of sulfonamides is 1. The number of anilines is 1. The molecule has 0 N–H and O–H groups in total. The van der Waals surface area contributed by atoms with Gasteiger partial charge in [0.25, 0.3) is 15.7 Å². The SMILES string of the molecule is C=CCN(c1ccccc1C)S(=O)(=O)c1cc([N+](=O)[O-])ccc1C. The van der Waals surface area contributed by atoms with Crippen molar-refractivity contribution in [2.45, 2.75) is 18.7 Å². The molecule has 2 aromatic rings. The second-order valence-electron chi connectivity index (χ2n) is 5.32. The van der Waals surface area contributed by atoms with Crippen molar-refractivity contribution in [2.24, 2.45) is 0 Å². The molecule has 24 heavy (non-hydrogen) atoms. The summed E-state index contributed by atoms with van der Waals surface area (Å²) in [5.41, 5.74) is 1.49. The summed E-state index contributed by atoms with van der Waals surface area (Å²) in [5, 5.41) is 11.0. The van der Waals surface area contributed by atoms with Gasteiger partial charge in [-0.15, -0.1) is 6.58 Å². The Morgan fingerprint density at radius 1 is 1.17 bits per heavy atom. The minimum absolute atomic E-state index is 0.0648. The molecule has 0 aliphatic rings. The molecule has 0 atom stereocenters. The van der Waals surface area contributed by atoms with Gasteiger partial charge in [0.05, 0.1) is 22.1 Å². The number of nitro groups is 1. The van der Waals surface area contributed by atoms with Crippen LogP contribution in [0.25, 0.3) is 0 Å². The van der Waals surface area contributed by atoms with Gasteiger partial charge in [-0.25, -0.2) is 8.42 Å². The summed E-state index contributed by atoms with van der Waals surface area (Å²) in [4.78, 5) is 10.3. The molecule has 6 nitrogen and oxygen atoms in total. The van der Waals surface area contributed by atoms with Crippen LogP contribution >= 0.6 is 0 Å². The minimum Gasteiger partial charge on any atom is -0.262 e. The number of nitrogens with zero attached hydrogens (tertiary/aromatic N) is 2. The lowest BCUT2D eigenvalue weighted by atomic mass is 10.2. The van der Waals surface area contributed by atoms with Crippen LogP contribution in [0, 0.1) is 24.0 Å². The second-order valence-corrected chi connectivity index (χ2v) is 7.15. The first-order valence-corrected chi connectivity index (χ1v) is 8.67. The van der Waals surface area contributed by atoms with E-state index in [9.17, 15) is 18.5 Å². The van der Waals surface area contributed by atoms with E-state index >= 15 is 0 Å². The Hall–Kier alpha value is -2.67. The molecular weight excluding hydrogens is 328 g/mol. The van der Waals surface area contributed by atoms with Crippen molar-refractivity contribution >= 4 is 21.4 Å². The summed E-state index contributed by atoms with van der Waals surface area (Å²) in [6, 6.07) is 10.9. The number of rotatable bonds is 6. The average Bonchev–Trinajstić information content (AvgIpc) is 2.53. The van der Waals surface area contributed by atoms with Crippen molar-refractivity contribution in [1.82, 2.24) is 0 Å². The smallest absolute Gasteiger partial charge is 0.262 e. The molecule has 0 bridgehead atoms. The predicted octanol–water partition coefficient (Wildman–Crippen LogP) is 3.59. The molecule has 0 radical (unpaired) electrons. The van der Waals surface area contributed by atoms with Crippen molar-refractivity contribution in [2.75, 3.05) is 10.8 Å². The molecule has 0 unspecified atom stereocenters. The Morgan fingerprint density at radius 3 is 2.42 bits per heavy atom. The number of nitro benzene ring substituents is 1. The molecule has 0 aliphatic heterocycles. The quantitative estimate of drug-likeness (QED) is 0.455. The molecular formula is C17H18N2O4S. The highest BCUT2D eigenvalue weighted by Crippen LogP contribution is 2.30. The Labute approximate surface area is 141 Å². The molecule has 2 aromatic carbocycles. The maximum atomic E-state index is 13.1. The normalized spacial score (nSPS) is 11.1. The summed E-state index contributed by atoms with van der Waals surface area (Å²) in [5.74, 6) is 0. The van der Waals surface area contributed by atoms with Crippen LogP contribution in [0.4, 0.5) is 11.4 Å². The summed E-state index contributed by atoms with van der Waals surface area (Å²) in [6.45, 7) is 7.10. The van der Waals surface area contributed by atoms with Crippen molar-refractivity contribution < 1.29 is 13.3 Å². The van der Waals surface area contributed by atoms with Gasteiger partial charge in [-0.2, -0.15) is 0 Å². The van der Waals surface area contributed by atoms with Crippen molar-refractivity contribution in [3.63, 3.8) is 0 Å². The van der Waals surface area contributed by atoms with Gasteiger partial charge >= 0.3 is 0 Å². The van der Waals surface area contributed by atoms with Gasteiger partial charge in [-0.3, -0.25) is 14.4 Å². The van der Waals surface area contributed by atoms with Gasteiger partial charge < -0.3 is 0 Å². The molecule has 0 amide bonds. The minimum atomic E-state index is -3.97. The van der Waals surface area contributed by atoms with Gasteiger partial charge in [0, 0.05) is 12.1 Å². The van der Waals surface area contributed by atoms with Crippen molar-refractivity contribution in [3.8, 4) is 0 Å². The summed E-state index contributed by atoms with van der Waals surface area (Å²) >= 11 is 0. The first-order chi connectivity index (χ1) is 11.3. The van der Waals surface area contributed by atoms with Crippen LogP contribution < -0.4 is 4.31 Å². The summed E-state index contributed by atoms with van der Waals surface area (Å²) in [7, 11) is -3.97. The van der Waals surface area contributed by atoms with E-state index in [1.165, 1.54) is 22.5 Å². The Morgan fingerprint density at radius 2 is 1.83 bits per heavy atom. The van der Waals surface area contributed by atoms with E-state index in [-0.39, 0.29) is 17.1 Å². The lowest BCUT2D eigenvalue weighted by molar-refractivity contribution is -0.385. The molecule has 0 aliphatic carbocycles. The van der Waals surface area contributed by atoms with Crippen LogP contribution in [0.3, 0.4) is 0 Å². The van der Waals surface area contributed by atoms with Crippen LogP contribution in [-0.2, 0) is 10.0 Å². The summed E-state index contributed by atoms with van der Waals surface area (Å²) < 4.78 is 27.5. The Kier molecular flexibility index (Phi) is 5.04. The molecule has 7 heteroatoms. The van der Waals surface area contributed by atoms with E-state index in [1.807, 2.05) is 6.07 Å². The van der Waals surface area contributed by atoms with Gasteiger partial charge in [-0.1, -0.05) is 30.3 Å². The van der Waals surface area contributed by atoms with Crippen LogP contribution in [0.5, 0.6) is 0 Å². The van der Waals surface area contributed by atoms with Crippen LogP contribution in [-0.4, -0.2) is 19.9 Å². The lowest BCUT2D eigenvalue weighted by Gasteiger charge is -2.25. The zero-order valence-electron chi connectivity index (χ0n) is 13.5.